The molecular weight excluding hydrogens is 458 g/mol. The number of hydrogen-bond donors (Lipinski definition) is 1. The standard InChI is InChI=1S/C27H47N5O4/c1-20(2)19-32(22-15-21(16-28-17-22)24(33)30-10-13-36-14-11-30)25(34)23-18-29-26(27(3,4)5)31(23)9-7-8-12-35-6/h18,20-22,28H,7-17,19H2,1-6H3/t21-,22+/m1/s1. The Balaban J connectivity index is 1.83. The summed E-state index contributed by atoms with van der Waals surface area (Å²) in [5, 5.41) is 3.45. The van der Waals surface area contributed by atoms with E-state index in [1.54, 1.807) is 13.3 Å². The van der Waals surface area contributed by atoms with Crippen molar-refractivity contribution in [3.63, 3.8) is 0 Å². The minimum atomic E-state index is -0.176. The number of carbonyl (C=O) groups is 2. The lowest BCUT2D eigenvalue weighted by molar-refractivity contribution is -0.140. The van der Waals surface area contributed by atoms with E-state index in [1.165, 1.54) is 0 Å². The minimum Gasteiger partial charge on any atom is -0.385 e. The second-order valence-corrected chi connectivity index (χ2v) is 11.6. The molecule has 204 valence electrons. The van der Waals surface area contributed by atoms with E-state index < -0.39 is 0 Å². The molecule has 1 aromatic heterocycles. The first-order valence-corrected chi connectivity index (χ1v) is 13.6. The molecule has 2 aliphatic rings. The molecule has 3 heterocycles. The first-order chi connectivity index (χ1) is 17.1. The van der Waals surface area contributed by atoms with Gasteiger partial charge in [-0.05, 0) is 25.2 Å². The van der Waals surface area contributed by atoms with Crippen LogP contribution in [0.4, 0.5) is 0 Å². The molecule has 2 fully saturated rings. The number of carbonyl (C=O) groups excluding carboxylic acids is 2. The van der Waals surface area contributed by atoms with Crippen molar-refractivity contribution >= 4 is 11.8 Å². The van der Waals surface area contributed by atoms with Crippen LogP contribution >= 0.6 is 0 Å². The molecule has 0 saturated carbocycles. The lowest BCUT2D eigenvalue weighted by atomic mass is 9.92. The minimum absolute atomic E-state index is 0.00436. The third kappa shape index (κ3) is 7.29. The molecule has 0 aromatic carbocycles. The predicted octanol–water partition coefficient (Wildman–Crippen LogP) is 2.54. The average molecular weight is 506 g/mol. The zero-order valence-corrected chi connectivity index (χ0v) is 23.2. The Morgan fingerprint density at radius 1 is 1.22 bits per heavy atom. The molecule has 3 rings (SSSR count). The van der Waals surface area contributed by atoms with Crippen LogP contribution < -0.4 is 5.32 Å². The van der Waals surface area contributed by atoms with Gasteiger partial charge in [-0.3, -0.25) is 9.59 Å². The summed E-state index contributed by atoms with van der Waals surface area (Å²) >= 11 is 0. The molecule has 0 bridgehead atoms. The van der Waals surface area contributed by atoms with Crippen LogP contribution in [-0.2, 0) is 26.2 Å². The first-order valence-electron chi connectivity index (χ1n) is 13.6. The molecule has 2 aliphatic heterocycles. The van der Waals surface area contributed by atoms with Crippen molar-refractivity contribution in [2.24, 2.45) is 11.8 Å². The number of unbranched alkanes of at least 4 members (excludes halogenated alkanes) is 1. The van der Waals surface area contributed by atoms with Gasteiger partial charge in [-0.25, -0.2) is 4.98 Å². The highest BCUT2D eigenvalue weighted by Crippen LogP contribution is 2.26. The van der Waals surface area contributed by atoms with Gasteiger partial charge in [0.25, 0.3) is 5.91 Å². The fourth-order valence-electron chi connectivity index (χ4n) is 5.21. The van der Waals surface area contributed by atoms with Crippen molar-refractivity contribution in [3.05, 3.63) is 17.7 Å². The number of aromatic nitrogens is 2. The molecule has 0 unspecified atom stereocenters. The van der Waals surface area contributed by atoms with E-state index >= 15 is 0 Å². The summed E-state index contributed by atoms with van der Waals surface area (Å²) in [6.45, 7) is 16.6. The smallest absolute Gasteiger partial charge is 0.272 e. The quantitative estimate of drug-likeness (QED) is 0.492. The van der Waals surface area contributed by atoms with Gasteiger partial charge in [-0.15, -0.1) is 0 Å². The summed E-state index contributed by atoms with van der Waals surface area (Å²) in [5.74, 6) is 1.28. The van der Waals surface area contributed by atoms with E-state index in [1.807, 2.05) is 9.80 Å². The van der Waals surface area contributed by atoms with E-state index in [2.05, 4.69) is 44.5 Å². The third-order valence-electron chi connectivity index (χ3n) is 6.99. The number of rotatable bonds is 10. The average Bonchev–Trinajstić information content (AvgIpc) is 3.29. The van der Waals surface area contributed by atoms with Gasteiger partial charge in [0, 0.05) is 64.4 Å². The predicted molar refractivity (Wildman–Crippen MR) is 140 cm³/mol. The van der Waals surface area contributed by atoms with Gasteiger partial charge >= 0.3 is 0 Å². The molecule has 9 nitrogen and oxygen atoms in total. The van der Waals surface area contributed by atoms with E-state index in [9.17, 15) is 9.59 Å². The summed E-state index contributed by atoms with van der Waals surface area (Å²) in [6.07, 6.45) is 4.27. The molecular formula is C27H47N5O4. The zero-order valence-electron chi connectivity index (χ0n) is 23.2. The fraction of sp³-hybridized carbons (Fsp3) is 0.815. The van der Waals surface area contributed by atoms with Crippen LogP contribution in [0.5, 0.6) is 0 Å². The van der Waals surface area contributed by atoms with Crippen LogP contribution in [0.15, 0.2) is 6.20 Å². The maximum Gasteiger partial charge on any atom is 0.272 e. The highest BCUT2D eigenvalue weighted by atomic mass is 16.5. The van der Waals surface area contributed by atoms with Crippen molar-refractivity contribution in [2.45, 2.75) is 71.9 Å². The van der Waals surface area contributed by atoms with Crippen LogP contribution in [0.2, 0.25) is 0 Å². The fourth-order valence-corrected chi connectivity index (χ4v) is 5.21. The normalized spacial score (nSPS) is 21.1. The number of nitrogens with zero attached hydrogens (tertiary/aromatic N) is 4. The van der Waals surface area contributed by atoms with Crippen molar-refractivity contribution in [2.75, 3.05) is 59.7 Å². The van der Waals surface area contributed by atoms with Crippen molar-refractivity contribution in [3.8, 4) is 0 Å². The Bertz CT molecular complexity index is 857. The van der Waals surface area contributed by atoms with Gasteiger partial charge in [-0.2, -0.15) is 0 Å². The summed E-state index contributed by atoms with van der Waals surface area (Å²) in [4.78, 5) is 36.0. The van der Waals surface area contributed by atoms with Crippen LogP contribution in [0.1, 0.15) is 70.2 Å². The molecule has 2 amide bonds. The summed E-state index contributed by atoms with van der Waals surface area (Å²) in [6, 6.07) is -0.0430. The van der Waals surface area contributed by atoms with Gasteiger partial charge in [0.2, 0.25) is 5.91 Å². The third-order valence-corrected chi connectivity index (χ3v) is 6.99. The topological polar surface area (TPSA) is 88.9 Å². The number of piperidine rings is 1. The van der Waals surface area contributed by atoms with E-state index in [-0.39, 0.29) is 29.2 Å². The molecule has 1 N–H and O–H groups in total. The molecule has 2 atom stereocenters. The van der Waals surface area contributed by atoms with Gasteiger partial charge in [0.05, 0.1) is 25.3 Å². The van der Waals surface area contributed by atoms with Crippen molar-refractivity contribution in [1.29, 1.82) is 0 Å². The van der Waals surface area contributed by atoms with Crippen LogP contribution in [0.25, 0.3) is 0 Å². The Hall–Kier alpha value is -1.97. The molecule has 9 heteroatoms. The summed E-state index contributed by atoms with van der Waals surface area (Å²) in [5.41, 5.74) is 0.463. The highest BCUT2D eigenvalue weighted by Gasteiger charge is 2.37. The van der Waals surface area contributed by atoms with Crippen LogP contribution in [0.3, 0.4) is 0 Å². The number of hydrogen-bond acceptors (Lipinski definition) is 6. The van der Waals surface area contributed by atoms with E-state index in [4.69, 9.17) is 14.5 Å². The van der Waals surface area contributed by atoms with Crippen LogP contribution in [0, 0.1) is 11.8 Å². The van der Waals surface area contributed by atoms with Crippen molar-refractivity contribution in [1.82, 2.24) is 24.7 Å². The maximum absolute atomic E-state index is 14.1. The molecule has 36 heavy (non-hydrogen) atoms. The molecule has 2 saturated heterocycles. The second-order valence-electron chi connectivity index (χ2n) is 11.6. The highest BCUT2D eigenvalue weighted by molar-refractivity contribution is 5.93. The Labute approximate surface area is 216 Å². The zero-order chi connectivity index (χ0) is 26.3. The molecule has 1 aromatic rings. The largest absolute Gasteiger partial charge is 0.385 e. The summed E-state index contributed by atoms with van der Waals surface area (Å²) < 4.78 is 12.8. The SMILES string of the molecule is COCCCCn1c(C(=O)N(CC(C)C)[C@@H]2CNC[C@H](C(=O)N3CCOCC3)C2)cnc1C(C)(C)C. The van der Waals surface area contributed by atoms with Gasteiger partial charge in [0.15, 0.2) is 0 Å². The number of morpholine rings is 1. The number of imidazole rings is 1. The number of ether oxygens (including phenoxy) is 2. The lowest BCUT2D eigenvalue weighted by Gasteiger charge is -2.40. The Kier molecular flexibility index (Phi) is 10.3. The van der Waals surface area contributed by atoms with Crippen LogP contribution in [-0.4, -0.2) is 96.9 Å². The second kappa shape index (κ2) is 13.0. The number of amides is 2. The van der Waals surface area contributed by atoms with Gasteiger partial charge < -0.3 is 29.2 Å². The molecule has 0 radical (unpaired) electrons. The monoisotopic (exact) mass is 505 g/mol. The maximum atomic E-state index is 14.1. The molecule has 0 spiro atoms. The molecule has 0 aliphatic carbocycles. The Morgan fingerprint density at radius 2 is 1.94 bits per heavy atom. The Morgan fingerprint density at radius 3 is 2.58 bits per heavy atom. The van der Waals surface area contributed by atoms with Gasteiger partial charge in [0.1, 0.15) is 11.5 Å². The summed E-state index contributed by atoms with van der Waals surface area (Å²) in [7, 11) is 1.71. The number of nitrogens with one attached hydrogen (secondary N) is 1. The van der Waals surface area contributed by atoms with Crippen molar-refractivity contribution < 1.29 is 19.1 Å². The lowest BCUT2D eigenvalue weighted by Crippen LogP contribution is -2.56. The number of methoxy groups -OCH3 is 1. The van der Waals surface area contributed by atoms with E-state index in [0.717, 1.165) is 25.2 Å². The first kappa shape index (κ1) is 28.6. The van der Waals surface area contributed by atoms with E-state index in [0.29, 0.717) is 70.6 Å². The van der Waals surface area contributed by atoms with Gasteiger partial charge in [-0.1, -0.05) is 34.6 Å².